The third kappa shape index (κ3) is 3.53. The summed E-state index contributed by atoms with van der Waals surface area (Å²) < 4.78 is 10.5. The van der Waals surface area contributed by atoms with Crippen LogP contribution in [0.5, 0.6) is 0 Å². The normalized spacial score (nSPS) is 20.4. The summed E-state index contributed by atoms with van der Waals surface area (Å²) >= 11 is 0. The zero-order valence-corrected chi connectivity index (χ0v) is 10.9. The molecule has 2 heterocycles. The Labute approximate surface area is 111 Å². The molecule has 0 aromatic carbocycles. The summed E-state index contributed by atoms with van der Waals surface area (Å²) in [5.74, 6) is 2.24. The highest BCUT2D eigenvalue weighted by atomic mass is 16.5. The maximum absolute atomic E-state index is 11.6. The molecule has 6 nitrogen and oxygen atoms in total. The van der Waals surface area contributed by atoms with E-state index in [2.05, 4.69) is 15.5 Å². The molecule has 2 aliphatic rings. The van der Waals surface area contributed by atoms with E-state index in [4.69, 9.17) is 9.26 Å². The van der Waals surface area contributed by atoms with Gasteiger partial charge in [0.05, 0.1) is 6.54 Å². The fourth-order valence-corrected chi connectivity index (χ4v) is 2.29. The highest BCUT2D eigenvalue weighted by molar-refractivity contribution is 5.76. The van der Waals surface area contributed by atoms with Crippen molar-refractivity contribution in [3.05, 3.63) is 11.7 Å². The molecule has 0 atom stereocenters. The number of carbonyl (C=O) groups excluding carboxylic acids is 1. The molecule has 6 heteroatoms. The molecule has 104 valence electrons. The molecule has 1 saturated carbocycles. The predicted octanol–water partition coefficient (Wildman–Crippen LogP) is 1.38. The molecular weight excluding hydrogens is 246 g/mol. The summed E-state index contributed by atoms with van der Waals surface area (Å²) in [6, 6.07) is 0. The fraction of sp³-hybridized carbons (Fsp3) is 0.769. The molecule has 1 aliphatic heterocycles. The first-order chi connectivity index (χ1) is 9.31. The molecular formula is C13H19N3O3. The Morgan fingerprint density at radius 1 is 1.26 bits per heavy atom. The second-order valence-electron chi connectivity index (χ2n) is 5.36. The minimum Gasteiger partial charge on any atom is -0.381 e. The van der Waals surface area contributed by atoms with Crippen molar-refractivity contribution in [2.75, 3.05) is 13.2 Å². The second kappa shape index (κ2) is 5.69. The third-order valence-electron chi connectivity index (χ3n) is 3.68. The highest BCUT2D eigenvalue weighted by Crippen LogP contribution is 2.32. The van der Waals surface area contributed by atoms with Crippen LogP contribution in [0.1, 0.15) is 49.7 Å². The molecule has 1 saturated heterocycles. The zero-order valence-electron chi connectivity index (χ0n) is 10.9. The molecule has 19 heavy (non-hydrogen) atoms. The van der Waals surface area contributed by atoms with Crippen LogP contribution in [0.25, 0.3) is 0 Å². The van der Waals surface area contributed by atoms with Crippen LogP contribution in [0.2, 0.25) is 0 Å². The molecule has 1 aromatic heterocycles. The van der Waals surface area contributed by atoms with Crippen molar-refractivity contribution in [1.29, 1.82) is 0 Å². The zero-order chi connectivity index (χ0) is 13.1. The van der Waals surface area contributed by atoms with Gasteiger partial charge in [-0.1, -0.05) is 5.16 Å². The standard InChI is InChI=1S/C13H19N3O3/c17-11(7-9-1-2-9)14-8-12-15-13(16-19-12)10-3-5-18-6-4-10/h9-10H,1-8H2,(H,14,17). The number of hydrogen-bond acceptors (Lipinski definition) is 5. The summed E-state index contributed by atoms with van der Waals surface area (Å²) in [7, 11) is 0. The van der Waals surface area contributed by atoms with Crippen molar-refractivity contribution in [2.24, 2.45) is 5.92 Å². The Kier molecular flexibility index (Phi) is 3.77. The Morgan fingerprint density at radius 3 is 2.79 bits per heavy atom. The lowest BCUT2D eigenvalue weighted by Crippen LogP contribution is -2.23. The summed E-state index contributed by atoms with van der Waals surface area (Å²) in [6.45, 7) is 1.85. The van der Waals surface area contributed by atoms with Gasteiger partial charge in [-0.25, -0.2) is 0 Å². The molecule has 0 spiro atoms. The van der Waals surface area contributed by atoms with E-state index in [-0.39, 0.29) is 5.91 Å². The third-order valence-corrected chi connectivity index (χ3v) is 3.68. The van der Waals surface area contributed by atoms with Crippen molar-refractivity contribution in [3.8, 4) is 0 Å². The molecule has 1 aromatic rings. The van der Waals surface area contributed by atoms with Gasteiger partial charge in [0, 0.05) is 25.6 Å². The van der Waals surface area contributed by atoms with Gasteiger partial charge in [0.25, 0.3) is 0 Å². The number of hydrogen-bond donors (Lipinski definition) is 1. The van der Waals surface area contributed by atoms with Gasteiger partial charge in [-0.15, -0.1) is 0 Å². The van der Waals surface area contributed by atoms with Crippen LogP contribution in [0, 0.1) is 5.92 Å². The molecule has 1 aliphatic carbocycles. The maximum atomic E-state index is 11.6. The van der Waals surface area contributed by atoms with Gasteiger partial charge >= 0.3 is 0 Å². The first kappa shape index (κ1) is 12.6. The van der Waals surface area contributed by atoms with Crippen LogP contribution in [-0.2, 0) is 16.1 Å². The number of carbonyl (C=O) groups is 1. The maximum Gasteiger partial charge on any atom is 0.246 e. The van der Waals surface area contributed by atoms with Crippen LogP contribution in [0.3, 0.4) is 0 Å². The summed E-state index contributed by atoms with van der Waals surface area (Å²) in [4.78, 5) is 15.9. The quantitative estimate of drug-likeness (QED) is 0.870. The molecule has 1 amide bonds. The first-order valence-electron chi connectivity index (χ1n) is 6.98. The first-order valence-corrected chi connectivity index (χ1v) is 6.98. The summed E-state index contributed by atoms with van der Waals surface area (Å²) in [6.07, 6.45) is 4.87. The van der Waals surface area contributed by atoms with Crippen molar-refractivity contribution in [3.63, 3.8) is 0 Å². The lowest BCUT2D eigenvalue weighted by molar-refractivity contribution is -0.121. The van der Waals surface area contributed by atoms with E-state index in [1.165, 1.54) is 12.8 Å². The second-order valence-corrected chi connectivity index (χ2v) is 5.36. The van der Waals surface area contributed by atoms with Crippen LogP contribution in [-0.4, -0.2) is 29.3 Å². The van der Waals surface area contributed by atoms with Gasteiger partial charge < -0.3 is 14.6 Å². The van der Waals surface area contributed by atoms with E-state index in [1.54, 1.807) is 0 Å². The number of nitrogens with one attached hydrogen (secondary N) is 1. The minimum absolute atomic E-state index is 0.0771. The van der Waals surface area contributed by atoms with Crippen LogP contribution in [0.15, 0.2) is 4.52 Å². The van der Waals surface area contributed by atoms with E-state index in [1.807, 2.05) is 0 Å². The Hall–Kier alpha value is -1.43. The highest BCUT2D eigenvalue weighted by Gasteiger charge is 2.25. The molecule has 2 fully saturated rings. The Morgan fingerprint density at radius 2 is 2.05 bits per heavy atom. The molecule has 1 N–H and O–H groups in total. The largest absolute Gasteiger partial charge is 0.381 e. The molecule has 0 radical (unpaired) electrons. The van der Waals surface area contributed by atoms with E-state index in [9.17, 15) is 4.79 Å². The van der Waals surface area contributed by atoms with Gasteiger partial charge in [0.15, 0.2) is 5.82 Å². The van der Waals surface area contributed by atoms with E-state index >= 15 is 0 Å². The Bertz CT molecular complexity index is 436. The summed E-state index contributed by atoms with van der Waals surface area (Å²) in [5, 5.41) is 6.82. The van der Waals surface area contributed by atoms with Crippen LogP contribution >= 0.6 is 0 Å². The Balaban J connectivity index is 1.48. The van der Waals surface area contributed by atoms with Gasteiger partial charge in [0.1, 0.15) is 0 Å². The number of ether oxygens (including phenoxy) is 1. The number of rotatable bonds is 5. The SMILES string of the molecule is O=C(CC1CC1)NCc1nc(C2CCOCC2)no1. The van der Waals surface area contributed by atoms with Crippen LogP contribution < -0.4 is 5.32 Å². The number of nitrogens with zero attached hydrogens (tertiary/aromatic N) is 2. The van der Waals surface area contributed by atoms with Crippen molar-refractivity contribution >= 4 is 5.91 Å². The van der Waals surface area contributed by atoms with Crippen molar-refractivity contribution < 1.29 is 14.1 Å². The predicted molar refractivity (Wildman–Crippen MR) is 66.3 cm³/mol. The average Bonchev–Trinajstić information content (AvgIpc) is 3.12. The lowest BCUT2D eigenvalue weighted by atomic mass is 10.00. The van der Waals surface area contributed by atoms with E-state index in [0.29, 0.717) is 30.7 Å². The lowest BCUT2D eigenvalue weighted by Gasteiger charge is -2.18. The van der Waals surface area contributed by atoms with Crippen LogP contribution in [0.4, 0.5) is 0 Å². The van der Waals surface area contributed by atoms with Gasteiger partial charge in [-0.2, -0.15) is 4.98 Å². The molecule has 0 bridgehead atoms. The number of amides is 1. The van der Waals surface area contributed by atoms with Crippen molar-refractivity contribution in [2.45, 2.75) is 44.6 Å². The molecule has 0 unspecified atom stereocenters. The van der Waals surface area contributed by atoms with E-state index < -0.39 is 0 Å². The monoisotopic (exact) mass is 265 g/mol. The van der Waals surface area contributed by atoms with Gasteiger partial charge in [-0.05, 0) is 31.6 Å². The van der Waals surface area contributed by atoms with Crippen molar-refractivity contribution in [1.82, 2.24) is 15.5 Å². The average molecular weight is 265 g/mol. The van der Waals surface area contributed by atoms with Gasteiger partial charge in [-0.3, -0.25) is 4.79 Å². The summed E-state index contributed by atoms with van der Waals surface area (Å²) in [5.41, 5.74) is 0. The molecule has 3 rings (SSSR count). The van der Waals surface area contributed by atoms with Gasteiger partial charge in [0.2, 0.25) is 11.8 Å². The fourth-order valence-electron chi connectivity index (χ4n) is 2.29. The smallest absolute Gasteiger partial charge is 0.246 e. The number of aromatic nitrogens is 2. The van der Waals surface area contributed by atoms with E-state index in [0.717, 1.165) is 31.9 Å². The minimum atomic E-state index is 0.0771. The topological polar surface area (TPSA) is 77.2 Å².